The molecule has 0 aliphatic rings. The summed E-state index contributed by atoms with van der Waals surface area (Å²) in [6.07, 6.45) is 0. The number of amides is 1. The van der Waals surface area contributed by atoms with Crippen LogP contribution in [0.5, 0.6) is 0 Å². The van der Waals surface area contributed by atoms with E-state index < -0.39 is 5.82 Å². The summed E-state index contributed by atoms with van der Waals surface area (Å²) in [7, 11) is 0. The molecule has 0 spiro atoms. The molecule has 0 saturated carbocycles. The molecular formula is C14H13FN2O. The van der Waals surface area contributed by atoms with Crippen molar-refractivity contribution in [1.29, 1.82) is 0 Å². The Balaban J connectivity index is 2.21. The van der Waals surface area contributed by atoms with Gasteiger partial charge in [-0.3, -0.25) is 4.79 Å². The number of anilines is 2. The number of aryl methyl sites for hydroxylation is 1. The van der Waals surface area contributed by atoms with Crippen molar-refractivity contribution < 1.29 is 9.18 Å². The number of nitrogens with one attached hydrogen (secondary N) is 1. The summed E-state index contributed by atoms with van der Waals surface area (Å²) in [6.45, 7) is 1.89. The number of benzene rings is 2. The van der Waals surface area contributed by atoms with E-state index in [0.29, 0.717) is 11.3 Å². The van der Waals surface area contributed by atoms with Crippen molar-refractivity contribution in [1.82, 2.24) is 0 Å². The van der Waals surface area contributed by atoms with E-state index in [2.05, 4.69) is 5.32 Å². The second-order valence-electron chi connectivity index (χ2n) is 4.06. The zero-order valence-corrected chi connectivity index (χ0v) is 9.91. The number of halogens is 1. The van der Waals surface area contributed by atoms with Gasteiger partial charge in [-0.05, 0) is 37.3 Å². The van der Waals surface area contributed by atoms with Gasteiger partial charge in [-0.1, -0.05) is 17.7 Å². The number of nitrogens with two attached hydrogens (primary N) is 1. The molecule has 0 unspecified atom stereocenters. The van der Waals surface area contributed by atoms with E-state index in [1.54, 1.807) is 18.2 Å². The van der Waals surface area contributed by atoms with Crippen molar-refractivity contribution in [3.05, 3.63) is 59.4 Å². The van der Waals surface area contributed by atoms with Crippen molar-refractivity contribution in [2.24, 2.45) is 0 Å². The van der Waals surface area contributed by atoms with Crippen molar-refractivity contribution >= 4 is 17.3 Å². The van der Waals surface area contributed by atoms with E-state index in [-0.39, 0.29) is 11.6 Å². The molecule has 0 fully saturated rings. The van der Waals surface area contributed by atoms with Gasteiger partial charge in [0.15, 0.2) is 0 Å². The second-order valence-corrected chi connectivity index (χ2v) is 4.06. The molecule has 92 valence electrons. The third kappa shape index (κ3) is 2.66. The highest BCUT2D eigenvalue weighted by molar-refractivity contribution is 6.04. The van der Waals surface area contributed by atoms with E-state index in [1.165, 1.54) is 18.2 Å². The molecule has 1 amide bonds. The highest BCUT2D eigenvalue weighted by Crippen LogP contribution is 2.18. The minimum Gasteiger partial charge on any atom is -0.399 e. The SMILES string of the molecule is Cc1cccc(C(=O)Nc2ccc(N)cc2F)c1. The lowest BCUT2D eigenvalue weighted by molar-refractivity contribution is 0.102. The predicted molar refractivity (Wildman–Crippen MR) is 69.9 cm³/mol. The minimum atomic E-state index is -0.545. The molecule has 0 radical (unpaired) electrons. The molecule has 0 atom stereocenters. The first-order valence-electron chi connectivity index (χ1n) is 5.49. The lowest BCUT2D eigenvalue weighted by atomic mass is 10.1. The third-order valence-electron chi connectivity index (χ3n) is 2.52. The van der Waals surface area contributed by atoms with E-state index in [9.17, 15) is 9.18 Å². The van der Waals surface area contributed by atoms with E-state index in [0.717, 1.165) is 5.56 Å². The van der Waals surface area contributed by atoms with Gasteiger partial charge in [0.1, 0.15) is 5.82 Å². The van der Waals surface area contributed by atoms with Crippen LogP contribution in [0.3, 0.4) is 0 Å². The fraction of sp³-hybridized carbons (Fsp3) is 0.0714. The van der Waals surface area contributed by atoms with Crippen molar-refractivity contribution in [2.75, 3.05) is 11.1 Å². The largest absolute Gasteiger partial charge is 0.399 e. The van der Waals surface area contributed by atoms with Crippen LogP contribution in [0, 0.1) is 12.7 Å². The second kappa shape index (κ2) is 4.87. The summed E-state index contributed by atoms with van der Waals surface area (Å²) in [6, 6.07) is 11.2. The maximum absolute atomic E-state index is 13.5. The van der Waals surface area contributed by atoms with Gasteiger partial charge >= 0.3 is 0 Å². The maximum Gasteiger partial charge on any atom is 0.255 e. The summed E-state index contributed by atoms with van der Waals surface area (Å²) in [5.41, 5.74) is 7.34. The molecule has 0 saturated heterocycles. The van der Waals surface area contributed by atoms with Crippen LogP contribution < -0.4 is 11.1 Å². The summed E-state index contributed by atoms with van der Waals surface area (Å²) in [5, 5.41) is 2.51. The fourth-order valence-corrected chi connectivity index (χ4v) is 1.61. The highest BCUT2D eigenvalue weighted by atomic mass is 19.1. The summed E-state index contributed by atoms with van der Waals surface area (Å²) in [4.78, 5) is 11.9. The maximum atomic E-state index is 13.5. The Morgan fingerprint density at radius 2 is 2.00 bits per heavy atom. The predicted octanol–water partition coefficient (Wildman–Crippen LogP) is 2.97. The number of hydrogen-bond acceptors (Lipinski definition) is 2. The number of carbonyl (C=O) groups is 1. The summed E-state index contributed by atoms with van der Waals surface area (Å²) in [5.74, 6) is -0.890. The third-order valence-corrected chi connectivity index (χ3v) is 2.52. The molecule has 18 heavy (non-hydrogen) atoms. The molecular weight excluding hydrogens is 231 g/mol. The molecule has 0 bridgehead atoms. The quantitative estimate of drug-likeness (QED) is 0.798. The van der Waals surface area contributed by atoms with Gasteiger partial charge in [0.2, 0.25) is 0 Å². The van der Waals surface area contributed by atoms with Gasteiger partial charge in [0.05, 0.1) is 5.69 Å². The average Bonchev–Trinajstić information content (AvgIpc) is 2.32. The first-order chi connectivity index (χ1) is 8.56. The Bertz CT molecular complexity index is 596. The molecule has 4 heteroatoms. The average molecular weight is 244 g/mol. The van der Waals surface area contributed by atoms with Gasteiger partial charge in [-0.15, -0.1) is 0 Å². The van der Waals surface area contributed by atoms with E-state index in [4.69, 9.17) is 5.73 Å². The molecule has 3 nitrogen and oxygen atoms in total. The van der Waals surface area contributed by atoms with E-state index >= 15 is 0 Å². The van der Waals surface area contributed by atoms with Crippen LogP contribution in [0.1, 0.15) is 15.9 Å². The number of hydrogen-bond donors (Lipinski definition) is 2. The van der Waals surface area contributed by atoms with Crippen molar-refractivity contribution in [3.63, 3.8) is 0 Å². The molecule has 0 aliphatic carbocycles. The smallest absolute Gasteiger partial charge is 0.255 e. The molecule has 0 aliphatic heterocycles. The number of rotatable bonds is 2. The van der Waals surface area contributed by atoms with Crippen molar-refractivity contribution in [3.8, 4) is 0 Å². The lowest BCUT2D eigenvalue weighted by Gasteiger charge is -2.07. The monoisotopic (exact) mass is 244 g/mol. The molecule has 2 aromatic rings. The summed E-state index contributed by atoms with van der Waals surface area (Å²) >= 11 is 0. The van der Waals surface area contributed by atoms with Gasteiger partial charge in [0, 0.05) is 11.3 Å². The Kier molecular flexibility index (Phi) is 3.28. The number of carbonyl (C=O) groups excluding carboxylic acids is 1. The van der Waals surface area contributed by atoms with Crippen LogP contribution >= 0.6 is 0 Å². The molecule has 2 rings (SSSR count). The Labute approximate surface area is 104 Å². The lowest BCUT2D eigenvalue weighted by Crippen LogP contribution is -2.13. The Hall–Kier alpha value is -2.36. The zero-order valence-electron chi connectivity index (χ0n) is 9.91. The standard InChI is InChI=1S/C14H13FN2O/c1-9-3-2-4-10(7-9)14(18)17-13-6-5-11(16)8-12(13)15/h2-8H,16H2,1H3,(H,17,18). The first-order valence-corrected chi connectivity index (χ1v) is 5.49. The Morgan fingerprint density at radius 1 is 1.22 bits per heavy atom. The topological polar surface area (TPSA) is 55.1 Å². The van der Waals surface area contributed by atoms with Crippen molar-refractivity contribution in [2.45, 2.75) is 6.92 Å². The minimum absolute atomic E-state index is 0.121. The first kappa shape index (κ1) is 12.1. The molecule has 2 aromatic carbocycles. The fourth-order valence-electron chi connectivity index (χ4n) is 1.61. The van der Waals surface area contributed by atoms with Crippen LogP contribution in [-0.4, -0.2) is 5.91 Å². The Morgan fingerprint density at radius 3 is 2.67 bits per heavy atom. The molecule has 0 heterocycles. The van der Waals surface area contributed by atoms with Crippen LogP contribution in [-0.2, 0) is 0 Å². The van der Waals surface area contributed by atoms with Gasteiger partial charge < -0.3 is 11.1 Å². The van der Waals surface area contributed by atoms with E-state index in [1.807, 2.05) is 13.0 Å². The number of nitrogen functional groups attached to an aromatic ring is 1. The summed E-state index contributed by atoms with van der Waals surface area (Å²) < 4.78 is 13.5. The van der Waals surface area contributed by atoms with Crippen LogP contribution in [0.4, 0.5) is 15.8 Å². The van der Waals surface area contributed by atoms with Crippen LogP contribution in [0.15, 0.2) is 42.5 Å². The normalized spacial score (nSPS) is 10.1. The van der Waals surface area contributed by atoms with Gasteiger partial charge in [-0.2, -0.15) is 0 Å². The highest BCUT2D eigenvalue weighted by Gasteiger charge is 2.09. The zero-order chi connectivity index (χ0) is 13.1. The molecule has 3 N–H and O–H groups in total. The van der Waals surface area contributed by atoms with Gasteiger partial charge in [0.25, 0.3) is 5.91 Å². The van der Waals surface area contributed by atoms with Crippen LogP contribution in [0.25, 0.3) is 0 Å². The van der Waals surface area contributed by atoms with Gasteiger partial charge in [-0.25, -0.2) is 4.39 Å². The van der Waals surface area contributed by atoms with Crippen LogP contribution in [0.2, 0.25) is 0 Å². The molecule has 0 aromatic heterocycles.